The van der Waals surface area contributed by atoms with Gasteiger partial charge in [-0.3, -0.25) is 19.7 Å². The van der Waals surface area contributed by atoms with Crippen molar-refractivity contribution >= 4 is 17.0 Å². The minimum absolute atomic E-state index is 0.0840. The van der Waals surface area contributed by atoms with Crippen LogP contribution in [0.3, 0.4) is 0 Å². The topological polar surface area (TPSA) is 112 Å². The van der Waals surface area contributed by atoms with Gasteiger partial charge < -0.3 is 14.7 Å². The standard InChI is InChI=1S/C30H38N10O2/c41-26-18-24(19-31-20-26)28-32-29(39-14-16-42-17-15-39)27-30(33-28)40(35-34-27)25-6-8-37(9-7-25)22-38-12-10-36(11-13-38)21-23-4-2-1-3-5-23/h1-5,18-20,25,41H,6-17,21-22H2. The molecule has 6 heterocycles. The van der Waals surface area contributed by atoms with E-state index >= 15 is 0 Å². The van der Waals surface area contributed by atoms with Gasteiger partial charge in [0.15, 0.2) is 22.8 Å². The summed E-state index contributed by atoms with van der Waals surface area (Å²) in [4.78, 5) is 23.8. The number of hydrogen-bond acceptors (Lipinski definition) is 11. The Balaban J connectivity index is 1.02. The van der Waals surface area contributed by atoms with Gasteiger partial charge in [-0.25, -0.2) is 14.6 Å². The van der Waals surface area contributed by atoms with Crippen LogP contribution in [0.5, 0.6) is 5.75 Å². The first kappa shape index (κ1) is 27.1. The summed E-state index contributed by atoms with van der Waals surface area (Å²) in [6, 6.07) is 12.6. The molecule has 0 radical (unpaired) electrons. The Morgan fingerprint density at radius 2 is 1.57 bits per heavy atom. The highest BCUT2D eigenvalue weighted by atomic mass is 16.5. The molecule has 7 rings (SSSR count). The van der Waals surface area contributed by atoms with E-state index in [0.29, 0.717) is 30.1 Å². The van der Waals surface area contributed by atoms with Gasteiger partial charge in [0.2, 0.25) is 0 Å². The van der Waals surface area contributed by atoms with Crippen LogP contribution < -0.4 is 4.90 Å². The van der Waals surface area contributed by atoms with Gasteiger partial charge in [0.05, 0.1) is 32.1 Å². The van der Waals surface area contributed by atoms with Crippen LogP contribution in [0.15, 0.2) is 48.8 Å². The summed E-state index contributed by atoms with van der Waals surface area (Å²) in [6.07, 6.45) is 5.08. The van der Waals surface area contributed by atoms with Crippen LogP contribution in [0, 0.1) is 0 Å². The monoisotopic (exact) mass is 570 g/mol. The SMILES string of the molecule is Oc1cncc(-c2nc(N3CCOCC3)c3nnn(C4CCN(CN5CCN(Cc6ccccc6)CC5)CC4)c3n2)c1. The summed E-state index contributed by atoms with van der Waals surface area (Å²) in [6.45, 7) is 11.3. The zero-order chi connectivity index (χ0) is 28.3. The van der Waals surface area contributed by atoms with E-state index in [9.17, 15) is 5.11 Å². The molecule has 0 unspecified atom stereocenters. The Hall–Kier alpha value is -3.71. The van der Waals surface area contributed by atoms with Gasteiger partial charge in [-0.1, -0.05) is 35.5 Å². The molecule has 3 fully saturated rings. The lowest BCUT2D eigenvalue weighted by molar-refractivity contribution is 0.0539. The van der Waals surface area contributed by atoms with Crippen LogP contribution in [0.4, 0.5) is 5.82 Å². The van der Waals surface area contributed by atoms with Gasteiger partial charge >= 0.3 is 0 Å². The molecule has 0 atom stereocenters. The summed E-state index contributed by atoms with van der Waals surface area (Å²) in [7, 11) is 0. The predicted octanol–water partition coefficient (Wildman–Crippen LogP) is 2.24. The number of morpholine rings is 1. The second kappa shape index (κ2) is 12.3. The number of fused-ring (bicyclic) bond motifs is 1. The van der Waals surface area contributed by atoms with E-state index < -0.39 is 0 Å². The minimum atomic E-state index is 0.0840. The molecular formula is C30H38N10O2. The van der Waals surface area contributed by atoms with Crippen molar-refractivity contribution in [3.05, 3.63) is 54.4 Å². The highest BCUT2D eigenvalue weighted by Crippen LogP contribution is 2.31. The van der Waals surface area contributed by atoms with E-state index in [1.807, 2.05) is 4.68 Å². The number of ether oxygens (including phenoxy) is 1. The molecule has 4 aromatic rings. The van der Waals surface area contributed by atoms with Gasteiger partial charge in [-0.05, 0) is 24.5 Å². The fraction of sp³-hybridized carbons (Fsp3) is 0.500. The molecule has 12 nitrogen and oxygen atoms in total. The Kier molecular flexibility index (Phi) is 7.92. The number of pyridine rings is 1. The molecule has 12 heteroatoms. The number of aromatic nitrogens is 6. The van der Waals surface area contributed by atoms with Gasteiger partial charge in [0, 0.05) is 70.7 Å². The molecule has 3 aliphatic rings. The molecule has 3 aromatic heterocycles. The smallest absolute Gasteiger partial charge is 0.184 e. The van der Waals surface area contributed by atoms with E-state index in [4.69, 9.17) is 14.7 Å². The average Bonchev–Trinajstić information content (AvgIpc) is 3.47. The van der Waals surface area contributed by atoms with Crippen molar-refractivity contribution in [2.75, 3.05) is 77.1 Å². The van der Waals surface area contributed by atoms with E-state index in [1.165, 1.54) is 11.8 Å². The number of benzene rings is 1. The van der Waals surface area contributed by atoms with E-state index in [2.05, 4.69) is 65.2 Å². The molecule has 0 spiro atoms. The molecule has 220 valence electrons. The maximum atomic E-state index is 10.1. The lowest BCUT2D eigenvalue weighted by Gasteiger charge is -2.39. The highest BCUT2D eigenvalue weighted by Gasteiger charge is 2.28. The lowest BCUT2D eigenvalue weighted by Crippen LogP contribution is -2.51. The molecule has 0 amide bonds. The maximum absolute atomic E-state index is 10.1. The second-order valence-electron chi connectivity index (χ2n) is 11.5. The predicted molar refractivity (Wildman–Crippen MR) is 159 cm³/mol. The number of anilines is 1. The quantitative estimate of drug-likeness (QED) is 0.353. The van der Waals surface area contributed by atoms with Crippen LogP contribution >= 0.6 is 0 Å². The first-order valence-electron chi connectivity index (χ1n) is 15.0. The van der Waals surface area contributed by atoms with Crippen LogP contribution in [0.25, 0.3) is 22.6 Å². The van der Waals surface area contributed by atoms with Crippen molar-refractivity contribution in [1.29, 1.82) is 0 Å². The van der Waals surface area contributed by atoms with Gasteiger partial charge in [-0.2, -0.15) is 0 Å². The third-order valence-electron chi connectivity index (χ3n) is 8.61. The third-order valence-corrected chi connectivity index (χ3v) is 8.61. The lowest BCUT2D eigenvalue weighted by atomic mass is 10.1. The molecule has 0 saturated carbocycles. The Morgan fingerprint density at radius 1 is 0.833 bits per heavy atom. The van der Waals surface area contributed by atoms with E-state index in [0.717, 1.165) is 89.9 Å². The zero-order valence-corrected chi connectivity index (χ0v) is 23.9. The largest absolute Gasteiger partial charge is 0.506 e. The highest BCUT2D eigenvalue weighted by molar-refractivity contribution is 5.85. The summed E-state index contributed by atoms with van der Waals surface area (Å²) >= 11 is 0. The zero-order valence-electron chi connectivity index (χ0n) is 23.9. The Morgan fingerprint density at radius 3 is 2.33 bits per heavy atom. The number of piperazine rings is 1. The van der Waals surface area contributed by atoms with Crippen molar-refractivity contribution in [1.82, 2.24) is 44.6 Å². The minimum Gasteiger partial charge on any atom is -0.506 e. The van der Waals surface area contributed by atoms with Gasteiger partial charge in [0.25, 0.3) is 0 Å². The molecule has 0 bridgehead atoms. The molecule has 1 N–H and O–H groups in total. The van der Waals surface area contributed by atoms with Crippen molar-refractivity contribution < 1.29 is 9.84 Å². The van der Waals surface area contributed by atoms with Gasteiger partial charge in [0.1, 0.15) is 5.75 Å². The van der Waals surface area contributed by atoms with Crippen LogP contribution in [0.1, 0.15) is 24.4 Å². The normalized spacial score (nSPS) is 20.0. The van der Waals surface area contributed by atoms with Crippen LogP contribution in [0.2, 0.25) is 0 Å². The van der Waals surface area contributed by atoms with Crippen LogP contribution in [-0.2, 0) is 11.3 Å². The molecular weight excluding hydrogens is 532 g/mol. The maximum Gasteiger partial charge on any atom is 0.184 e. The number of piperidine rings is 1. The number of hydrogen-bond donors (Lipinski definition) is 1. The molecule has 1 aromatic carbocycles. The second-order valence-corrected chi connectivity index (χ2v) is 11.5. The molecule has 3 saturated heterocycles. The average molecular weight is 571 g/mol. The first-order chi connectivity index (χ1) is 20.7. The Labute approximate surface area is 245 Å². The number of aromatic hydroxyl groups is 1. The summed E-state index contributed by atoms with van der Waals surface area (Å²) in [5.41, 5.74) is 3.50. The van der Waals surface area contributed by atoms with Crippen LogP contribution in [-0.4, -0.2) is 122 Å². The first-order valence-corrected chi connectivity index (χ1v) is 15.0. The number of nitrogens with zero attached hydrogens (tertiary/aromatic N) is 10. The van der Waals surface area contributed by atoms with Crippen molar-refractivity contribution in [3.63, 3.8) is 0 Å². The van der Waals surface area contributed by atoms with E-state index in [-0.39, 0.29) is 11.8 Å². The summed E-state index contributed by atoms with van der Waals surface area (Å²) in [5, 5.41) is 19.3. The Bertz CT molecular complexity index is 1480. The number of rotatable bonds is 7. The molecule has 42 heavy (non-hydrogen) atoms. The summed E-state index contributed by atoms with van der Waals surface area (Å²) in [5.74, 6) is 1.36. The molecule has 3 aliphatic heterocycles. The molecule has 0 aliphatic carbocycles. The van der Waals surface area contributed by atoms with Crippen molar-refractivity contribution in [3.8, 4) is 17.1 Å². The van der Waals surface area contributed by atoms with E-state index in [1.54, 1.807) is 12.3 Å². The third kappa shape index (κ3) is 5.93. The van der Waals surface area contributed by atoms with Crippen molar-refractivity contribution in [2.45, 2.75) is 25.4 Å². The fourth-order valence-electron chi connectivity index (χ4n) is 6.26. The number of likely N-dealkylation sites (tertiary alicyclic amines) is 1. The summed E-state index contributed by atoms with van der Waals surface area (Å²) < 4.78 is 7.58. The fourth-order valence-corrected chi connectivity index (χ4v) is 6.26. The van der Waals surface area contributed by atoms with Crippen molar-refractivity contribution in [2.24, 2.45) is 0 Å². The van der Waals surface area contributed by atoms with Gasteiger partial charge in [-0.15, -0.1) is 5.10 Å².